The molecule has 0 saturated heterocycles. The Balaban J connectivity index is 1.88. The summed E-state index contributed by atoms with van der Waals surface area (Å²) in [6, 6.07) is 7.58. The van der Waals surface area contributed by atoms with E-state index in [1.54, 1.807) is 19.1 Å². The normalized spacial score (nSPS) is 16.5. The van der Waals surface area contributed by atoms with Crippen molar-refractivity contribution in [2.45, 2.75) is 64.5 Å². The molecule has 1 amide bonds. The van der Waals surface area contributed by atoms with Gasteiger partial charge in [-0.2, -0.15) is 0 Å². The zero-order valence-corrected chi connectivity index (χ0v) is 13.6. The van der Waals surface area contributed by atoms with E-state index in [-0.39, 0.29) is 11.9 Å². The number of hydrogen-bond donors (Lipinski definition) is 1. The van der Waals surface area contributed by atoms with Gasteiger partial charge in [0.05, 0.1) is 5.56 Å². The molecule has 1 aromatic carbocycles. The third-order valence-electron chi connectivity index (χ3n) is 4.17. The molecule has 1 fully saturated rings. The molecule has 0 aliphatic heterocycles. The highest BCUT2D eigenvalue weighted by Crippen LogP contribution is 2.18. The predicted octanol–water partition coefficient (Wildman–Crippen LogP) is 3.41. The van der Waals surface area contributed by atoms with E-state index < -0.39 is 12.1 Å². The summed E-state index contributed by atoms with van der Waals surface area (Å²) in [5.74, 6) is -0.246. The summed E-state index contributed by atoms with van der Waals surface area (Å²) in [7, 11) is 0. The van der Waals surface area contributed by atoms with E-state index in [0.717, 1.165) is 25.7 Å². The Morgan fingerprint density at radius 1 is 1.09 bits per heavy atom. The van der Waals surface area contributed by atoms with Crippen LogP contribution in [0, 0.1) is 0 Å². The molecule has 1 aliphatic rings. The molecule has 0 spiro atoms. The summed E-state index contributed by atoms with van der Waals surface area (Å²) in [4.78, 5) is 24.1. The molecule has 1 atom stereocenters. The Kier molecular flexibility index (Phi) is 5.58. The van der Waals surface area contributed by atoms with E-state index in [2.05, 4.69) is 19.2 Å². The van der Waals surface area contributed by atoms with Crippen LogP contribution in [0.3, 0.4) is 0 Å². The SMILES string of the molecule is CC(OC(=O)c1ccc(C(C)C)cc1)C(=O)NC1CCCC1. The van der Waals surface area contributed by atoms with Gasteiger partial charge in [0.2, 0.25) is 0 Å². The number of carbonyl (C=O) groups is 2. The number of rotatable bonds is 5. The second-order valence-corrected chi connectivity index (χ2v) is 6.31. The maximum absolute atomic E-state index is 12.1. The van der Waals surface area contributed by atoms with Gasteiger partial charge in [0.1, 0.15) is 0 Å². The molecule has 0 bridgehead atoms. The van der Waals surface area contributed by atoms with Gasteiger partial charge in [-0.15, -0.1) is 0 Å². The maximum atomic E-state index is 12.1. The molecular formula is C18H25NO3. The van der Waals surface area contributed by atoms with Crippen molar-refractivity contribution in [1.29, 1.82) is 0 Å². The van der Waals surface area contributed by atoms with Gasteiger partial charge in [0, 0.05) is 6.04 Å². The number of amides is 1. The number of esters is 1. The number of nitrogens with one attached hydrogen (secondary N) is 1. The lowest BCUT2D eigenvalue weighted by atomic mass is 10.0. The van der Waals surface area contributed by atoms with Crippen LogP contribution in [0.25, 0.3) is 0 Å². The summed E-state index contributed by atoms with van der Waals surface area (Å²) < 4.78 is 5.26. The molecular weight excluding hydrogens is 278 g/mol. The fraction of sp³-hybridized carbons (Fsp3) is 0.556. The van der Waals surface area contributed by atoms with Crippen LogP contribution < -0.4 is 5.32 Å². The molecule has 1 N–H and O–H groups in total. The second kappa shape index (κ2) is 7.43. The lowest BCUT2D eigenvalue weighted by Gasteiger charge is -2.17. The van der Waals surface area contributed by atoms with E-state index in [0.29, 0.717) is 11.5 Å². The van der Waals surface area contributed by atoms with Gasteiger partial charge < -0.3 is 10.1 Å². The molecule has 0 aromatic heterocycles. The first kappa shape index (κ1) is 16.5. The summed E-state index contributed by atoms with van der Waals surface area (Å²) in [6.07, 6.45) is 3.58. The molecule has 0 radical (unpaired) electrons. The summed E-state index contributed by atoms with van der Waals surface area (Å²) >= 11 is 0. The van der Waals surface area contributed by atoms with Crippen LogP contribution in [0.5, 0.6) is 0 Å². The zero-order valence-electron chi connectivity index (χ0n) is 13.6. The quantitative estimate of drug-likeness (QED) is 0.848. The Morgan fingerprint density at radius 3 is 2.23 bits per heavy atom. The Bertz CT molecular complexity index is 516. The van der Waals surface area contributed by atoms with Crippen molar-refractivity contribution in [2.75, 3.05) is 0 Å². The first-order chi connectivity index (χ1) is 10.5. The standard InChI is InChI=1S/C18H25NO3/c1-12(2)14-8-10-15(11-9-14)18(21)22-13(3)17(20)19-16-6-4-5-7-16/h8-13,16H,4-7H2,1-3H3,(H,19,20). The van der Waals surface area contributed by atoms with Crippen LogP contribution in [0.15, 0.2) is 24.3 Å². The van der Waals surface area contributed by atoms with Crippen molar-refractivity contribution in [2.24, 2.45) is 0 Å². The van der Waals surface area contributed by atoms with Gasteiger partial charge in [-0.25, -0.2) is 4.79 Å². The predicted molar refractivity (Wildman–Crippen MR) is 85.8 cm³/mol. The smallest absolute Gasteiger partial charge is 0.338 e. The molecule has 0 heterocycles. The molecule has 4 nitrogen and oxygen atoms in total. The number of hydrogen-bond acceptors (Lipinski definition) is 3. The number of benzene rings is 1. The van der Waals surface area contributed by atoms with Gasteiger partial charge in [0.25, 0.3) is 5.91 Å². The fourth-order valence-corrected chi connectivity index (χ4v) is 2.67. The van der Waals surface area contributed by atoms with Gasteiger partial charge in [-0.3, -0.25) is 4.79 Å². The molecule has 120 valence electrons. The highest BCUT2D eigenvalue weighted by Gasteiger charge is 2.23. The molecule has 4 heteroatoms. The average molecular weight is 303 g/mol. The lowest BCUT2D eigenvalue weighted by molar-refractivity contribution is -0.129. The van der Waals surface area contributed by atoms with Crippen LogP contribution >= 0.6 is 0 Å². The van der Waals surface area contributed by atoms with Gasteiger partial charge >= 0.3 is 5.97 Å². The molecule has 1 aliphatic carbocycles. The van der Waals surface area contributed by atoms with Crippen molar-refractivity contribution < 1.29 is 14.3 Å². The minimum absolute atomic E-state index is 0.209. The van der Waals surface area contributed by atoms with Crippen LogP contribution in [-0.4, -0.2) is 24.0 Å². The summed E-state index contributed by atoms with van der Waals surface area (Å²) in [5, 5.41) is 2.94. The van der Waals surface area contributed by atoms with E-state index in [1.807, 2.05) is 12.1 Å². The van der Waals surface area contributed by atoms with Crippen molar-refractivity contribution in [3.8, 4) is 0 Å². The van der Waals surface area contributed by atoms with Crippen LogP contribution in [0.4, 0.5) is 0 Å². The van der Waals surface area contributed by atoms with E-state index in [4.69, 9.17) is 4.74 Å². The van der Waals surface area contributed by atoms with Gasteiger partial charge in [0.15, 0.2) is 6.10 Å². The third-order valence-corrected chi connectivity index (χ3v) is 4.17. The first-order valence-electron chi connectivity index (χ1n) is 8.08. The van der Waals surface area contributed by atoms with E-state index in [9.17, 15) is 9.59 Å². The van der Waals surface area contributed by atoms with E-state index >= 15 is 0 Å². The van der Waals surface area contributed by atoms with Crippen molar-refractivity contribution in [3.63, 3.8) is 0 Å². The van der Waals surface area contributed by atoms with Crippen LogP contribution in [0.2, 0.25) is 0 Å². The topological polar surface area (TPSA) is 55.4 Å². The number of ether oxygens (including phenoxy) is 1. The largest absolute Gasteiger partial charge is 0.449 e. The molecule has 22 heavy (non-hydrogen) atoms. The highest BCUT2D eigenvalue weighted by molar-refractivity contribution is 5.92. The van der Waals surface area contributed by atoms with Crippen molar-refractivity contribution >= 4 is 11.9 Å². The maximum Gasteiger partial charge on any atom is 0.338 e. The van der Waals surface area contributed by atoms with Gasteiger partial charge in [-0.05, 0) is 43.4 Å². The monoisotopic (exact) mass is 303 g/mol. The van der Waals surface area contributed by atoms with E-state index in [1.165, 1.54) is 5.56 Å². The molecule has 1 aromatic rings. The fourth-order valence-electron chi connectivity index (χ4n) is 2.67. The lowest BCUT2D eigenvalue weighted by Crippen LogP contribution is -2.40. The molecule has 1 unspecified atom stereocenters. The van der Waals surface area contributed by atoms with Gasteiger partial charge in [-0.1, -0.05) is 38.8 Å². The minimum atomic E-state index is -0.766. The number of carbonyl (C=O) groups excluding carboxylic acids is 2. The third kappa shape index (κ3) is 4.33. The average Bonchev–Trinajstić information content (AvgIpc) is 3.00. The van der Waals surface area contributed by atoms with Crippen molar-refractivity contribution in [1.82, 2.24) is 5.32 Å². The Labute approximate surface area is 132 Å². The molecule has 2 rings (SSSR count). The summed E-state index contributed by atoms with van der Waals surface area (Å²) in [6.45, 7) is 5.82. The zero-order chi connectivity index (χ0) is 16.1. The molecule has 1 saturated carbocycles. The van der Waals surface area contributed by atoms with Crippen LogP contribution in [0.1, 0.15) is 68.3 Å². The first-order valence-corrected chi connectivity index (χ1v) is 8.08. The van der Waals surface area contributed by atoms with Crippen LogP contribution in [-0.2, 0) is 9.53 Å². The summed E-state index contributed by atoms with van der Waals surface area (Å²) in [5.41, 5.74) is 1.65. The second-order valence-electron chi connectivity index (χ2n) is 6.31. The highest BCUT2D eigenvalue weighted by atomic mass is 16.5. The van der Waals surface area contributed by atoms with Crippen molar-refractivity contribution in [3.05, 3.63) is 35.4 Å². The Hall–Kier alpha value is -1.84. The Morgan fingerprint density at radius 2 is 1.68 bits per heavy atom. The minimum Gasteiger partial charge on any atom is -0.449 e.